The molecule has 1 unspecified atom stereocenters. The molecule has 6 nitrogen and oxygen atoms in total. The van der Waals surface area contributed by atoms with Gasteiger partial charge in [-0.05, 0) is 40.1 Å². The highest BCUT2D eigenvalue weighted by atomic mass is 19.4. The quantitative estimate of drug-likeness (QED) is 0.833. The second-order valence-corrected chi connectivity index (χ2v) is 6.52. The lowest BCUT2D eigenvalue weighted by atomic mass is 10.2. The fourth-order valence-corrected chi connectivity index (χ4v) is 2.85. The van der Waals surface area contributed by atoms with Crippen LogP contribution in [0, 0.1) is 6.92 Å². The van der Waals surface area contributed by atoms with E-state index >= 15 is 0 Å². The van der Waals surface area contributed by atoms with Gasteiger partial charge in [0.25, 0.3) is 0 Å². The minimum atomic E-state index is -4.52. The summed E-state index contributed by atoms with van der Waals surface area (Å²) in [7, 11) is 4.05. The number of carbonyl (C=O) groups is 1. The average molecular weight is 359 g/mol. The van der Waals surface area contributed by atoms with Gasteiger partial charge in [0.15, 0.2) is 0 Å². The monoisotopic (exact) mass is 359 g/mol. The van der Waals surface area contributed by atoms with Crippen molar-refractivity contribution in [3.05, 3.63) is 23.3 Å². The molecule has 1 fully saturated rings. The summed E-state index contributed by atoms with van der Waals surface area (Å²) < 4.78 is 38.2. The van der Waals surface area contributed by atoms with Crippen molar-refractivity contribution in [2.24, 2.45) is 0 Å². The first-order valence-corrected chi connectivity index (χ1v) is 8.22. The van der Waals surface area contributed by atoms with Crippen LogP contribution in [-0.4, -0.2) is 65.4 Å². The smallest absolute Gasteiger partial charge is 0.349 e. The van der Waals surface area contributed by atoms with E-state index in [0.29, 0.717) is 12.6 Å². The van der Waals surface area contributed by atoms with Crippen molar-refractivity contribution in [2.75, 3.05) is 33.7 Å². The lowest BCUT2D eigenvalue weighted by Gasteiger charge is -2.23. The van der Waals surface area contributed by atoms with Crippen molar-refractivity contribution in [1.82, 2.24) is 25.1 Å². The van der Waals surface area contributed by atoms with Crippen molar-refractivity contribution < 1.29 is 18.0 Å². The molecule has 140 valence electrons. The van der Waals surface area contributed by atoms with Crippen LogP contribution in [0.15, 0.2) is 6.07 Å². The van der Waals surface area contributed by atoms with E-state index in [1.165, 1.54) is 6.92 Å². The number of rotatable bonds is 6. The topological polar surface area (TPSA) is 61.4 Å². The maximum atomic E-state index is 12.7. The number of hydrogen-bond donors (Lipinski definition) is 1. The zero-order chi connectivity index (χ0) is 18.6. The molecule has 1 amide bonds. The number of nitrogens with one attached hydrogen (secondary N) is 1. The van der Waals surface area contributed by atoms with E-state index < -0.39 is 11.9 Å². The number of likely N-dealkylation sites (tertiary alicyclic amines) is 1. The van der Waals surface area contributed by atoms with Gasteiger partial charge in [0.2, 0.25) is 5.91 Å². The van der Waals surface area contributed by atoms with Crippen LogP contribution >= 0.6 is 0 Å². The number of aromatic nitrogens is 2. The largest absolute Gasteiger partial charge is 0.433 e. The first kappa shape index (κ1) is 19.6. The minimum absolute atomic E-state index is 0.0357. The van der Waals surface area contributed by atoms with Crippen LogP contribution in [0.3, 0.4) is 0 Å². The van der Waals surface area contributed by atoms with Gasteiger partial charge in [-0.1, -0.05) is 0 Å². The van der Waals surface area contributed by atoms with E-state index in [-0.39, 0.29) is 30.4 Å². The zero-order valence-corrected chi connectivity index (χ0v) is 14.7. The maximum absolute atomic E-state index is 12.7. The molecule has 1 aromatic rings. The standard InChI is InChI=1S/C16H24F3N5O/c1-11-8-13(16(17,18)19)22-14(21-11)9-20-15(25)5-7-24(3)12-4-6-23(2)10-12/h8,12H,4-7,9-10H2,1-3H3,(H,20,25). The maximum Gasteiger partial charge on any atom is 0.433 e. The minimum Gasteiger partial charge on any atom is -0.349 e. The molecule has 0 saturated carbocycles. The molecule has 0 aromatic carbocycles. The lowest BCUT2D eigenvalue weighted by molar-refractivity contribution is -0.141. The second kappa shape index (κ2) is 8.09. The molecule has 1 saturated heterocycles. The Hall–Kier alpha value is -1.74. The number of amides is 1. The zero-order valence-electron chi connectivity index (χ0n) is 14.7. The third-order valence-corrected chi connectivity index (χ3v) is 4.32. The van der Waals surface area contributed by atoms with E-state index in [4.69, 9.17) is 0 Å². The first-order chi connectivity index (χ1) is 11.6. The van der Waals surface area contributed by atoms with E-state index in [2.05, 4.69) is 32.1 Å². The van der Waals surface area contributed by atoms with Crippen molar-refractivity contribution in [3.63, 3.8) is 0 Å². The van der Waals surface area contributed by atoms with E-state index in [1.54, 1.807) is 0 Å². The van der Waals surface area contributed by atoms with Gasteiger partial charge in [-0.3, -0.25) is 4.79 Å². The van der Waals surface area contributed by atoms with Gasteiger partial charge < -0.3 is 15.1 Å². The van der Waals surface area contributed by atoms with Crippen molar-refractivity contribution in [3.8, 4) is 0 Å². The third-order valence-electron chi connectivity index (χ3n) is 4.32. The number of alkyl halides is 3. The Bertz CT molecular complexity index is 608. The molecule has 0 bridgehead atoms. The summed E-state index contributed by atoms with van der Waals surface area (Å²) in [6.07, 6.45) is -3.16. The highest BCUT2D eigenvalue weighted by Crippen LogP contribution is 2.27. The molecule has 2 heterocycles. The van der Waals surface area contributed by atoms with Gasteiger partial charge in [0, 0.05) is 31.2 Å². The van der Waals surface area contributed by atoms with E-state index in [1.807, 2.05) is 7.05 Å². The van der Waals surface area contributed by atoms with Gasteiger partial charge in [0.1, 0.15) is 11.5 Å². The number of hydrogen-bond acceptors (Lipinski definition) is 5. The van der Waals surface area contributed by atoms with Gasteiger partial charge in [-0.25, -0.2) is 9.97 Å². The highest BCUT2D eigenvalue weighted by Gasteiger charge is 2.33. The predicted octanol–water partition coefficient (Wildman–Crippen LogP) is 1.45. The van der Waals surface area contributed by atoms with Gasteiger partial charge in [0.05, 0.1) is 6.54 Å². The molecular formula is C16H24F3N5O. The summed E-state index contributed by atoms with van der Waals surface area (Å²) in [5.74, 6) is -0.261. The van der Waals surface area contributed by atoms with Crippen LogP contribution in [0.25, 0.3) is 0 Å². The molecule has 1 aliphatic rings. The van der Waals surface area contributed by atoms with Crippen LogP contribution in [0.2, 0.25) is 0 Å². The summed E-state index contributed by atoms with van der Waals surface area (Å²) >= 11 is 0. The molecule has 9 heteroatoms. The van der Waals surface area contributed by atoms with Crippen LogP contribution in [0.5, 0.6) is 0 Å². The van der Waals surface area contributed by atoms with Crippen molar-refractivity contribution >= 4 is 5.91 Å². The number of aryl methyl sites for hydroxylation is 1. The fraction of sp³-hybridized carbons (Fsp3) is 0.688. The lowest BCUT2D eigenvalue weighted by Crippen LogP contribution is -2.36. The number of likely N-dealkylation sites (N-methyl/N-ethyl adjacent to an activating group) is 2. The number of halogens is 3. The van der Waals surface area contributed by atoms with Gasteiger partial charge in [-0.15, -0.1) is 0 Å². The average Bonchev–Trinajstić information content (AvgIpc) is 2.96. The molecular weight excluding hydrogens is 335 g/mol. The third kappa shape index (κ3) is 5.93. The molecule has 0 spiro atoms. The molecule has 25 heavy (non-hydrogen) atoms. The summed E-state index contributed by atoms with van der Waals surface area (Å²) in [5, 5.41) is 2.59. The molecule has 1 aromatic heterocycles. The van der Waals surface area contributed by atoms with Crippen molar-refractivity contribution in [2.45, 2.75) is 38.5 Å². The highest BCUT2D eigenvalue weighted by molar-refractivity contribution is 5.75. The Morgan fingerprint density at radius 1 is 1.44 bits per heavy atom. The molecule has 1 aliphatic heterocycles. The SMILES string of the molecule is Cc1cc(C(F)(F)F)nc(CNC(=O)CCN(C)C2CCN(C)C2)n1. The van der Waals surface area contributed by atoms with Crippen LogP contribution in [0.1, 0.15) is 30.1 Å². The molecule has 1 atom stereocenters. The Morgan fingerprint density at radius 3 is 2.76 bits per heavy atom. The molecule has 1 N–H and O–H groups in total. The Kier molecular flexibility index (Phi) is 6.34. The Labute approximate surface area is 145 Å². The van der Waals surface area contributed by atoms with Crippen LogP contribution < -0.4 is 5.32 Å². The number of nitrogens with zero attached hydrogens (tertiary/aromatic N) is 4. The second-order valence-electron chi connectivity index (χ2n) is 6.52. The van der Waals surface area contributed by atoms with Gasteiger partial charge in [-0.2, -0.15) is 13.2 Å². The van der Waals surface area contributed by atoms with Crippen LogP contribution in [-0.2, 0) is 17.5 Å². The van der Waals surface area contributed by atoms with Crippen LogP contribution in [0.4, 0.5) is 13.2 Å². The first-order valence-electron chi connectivity index (χ1n) is 8.22. The predicted molar refractivity (Wildman–Crippen MR) is 86.8 cm³/mol. The summed E-state index contributed by atoms with van der Waals surface area (Å²) in [6.45, 7) is 3.99. The normalized spacial score (nSPS) is 18.8. The van der Waals surface area contributed by atoms with Crippen molar-refractivity contribution in [1.29, 1.82) is 0 Å². The fourth-order valence-electron chi connectivity index (χ4n) is 2.85. The number of carbonyl (C=O) groups excluding carboxylic acids is 1. The summed E-state index contributed by atoms with van der Waals surface area (Å²) in [5.41, 5.74) is -0.772. The van der Waals surface area contributed by atoms with Gasteiger partial charge >= 0.3 is 6.18 Å². The Morgan fingerprint density at radius 2 is 2.16 bits per heavy atom. The molecule has 2 rings (SSSR count). The Balaban J connectivity index is 1.81. The molecule has 0 aliphatic carbocycles. The summed E-state index contributed by atoms with van der Waals surface area (Å²) in [4.78, 5) is 23.8. The van der Waals surface area contributed by atoms with E-state index in [9.17, 15) is 18.0 Å². The molecule has 0 radical (unpaired) electrons. The van der Waals surface area contributed by atoms with E-state index in [0.717, 1.165) is 25.6 Å². The summed E-state index contributed by atoms with van der Waals surface area (Å²) in [6, 6.07) is 1.33.